The van der Waals surface area contributed by atoms with E-state index in [-0.39, 0.29) is 5.78 Å². The van der Waals surface area contributed by atoms with Gasteiger partial charge in [0.1, 0.15) is 0 Å². The van der Waals surface area contributed by atoms with Gasteiger partial charge < -0.3 is 0 Å². The van der Waals surface area contributed by atoms with Gasteiger partial charge in [0.05, 0.1) is 0 Å². The van der Waals surface area contributed by atoms with Crippen LogP contribution >= 0.6 is 0 Å². The van der Waals surface area contributed by atoms with Crippen LogP contribution in [-0.4, -0.2) is 5.78 Å². The van der Waals surface area contributed by atoms with Crippen molar-refractivity contribution in [2.75, 3.05) is 0 Å². The number of allylic oxidation sites excluding steroid dienone is 4. The van der Waals surface area contributed by atoms with E-state index < -0.39 is 0 Å². The number of ketones is 1. The fraction of sp³-hybridized carbons (Fsp3) is 0.500. The molecule has 0 aromatic heterocycles. The van der Waals surface area contributed by atoms with E-state index in [2.05, 4.69) is 6.08 Å². The first-order valence-electron chi connectivity index (χ1n) is 4.25. The Morgan fingerprint density at radius 1 is 1.09 bits per heavy atom. The molecule has 1 aliphatic carbocycles. The van der Waals surface area contributed by atoms with Crippen molar-refractivity contribution >= 4 is 5.78 Å². The molecule has 1 nitrogen and oxygen atoms in total. The lowest BCUT2D eigenvalue weighted by molar-refractivity contribution is -0.114. The summed E-state index contributed by atoms with van der Waals surface area (Å²) in [5, 5.41) is 0. The minimum absolute atomic E-state index is 0.261. The first kappa shape index (κ1) is 8.25. The lowest BCUT2D eigenvalue weighted by Crippen LogP contribution is -1.92. The highest BCUT2D eigenvalue weighted by Gasteiger charge is 1.96. The molecule has 0 saturated heterocycles. The summed E-state index contributed by atoms with van der Waals surface area (Å²) in [6.45, 7) is 0. The third-order valence-electron chi connectivity index (χ3n) is 1.82. The van der Waals surface area contributed by atoms with Gasteiger partial charge >= 0.3 is 0 Å². The van der Waals surface area contributed by atoms with Crippen molar-refractivity contribution in [3.8, 4) is 0 Å². The molecule has 1 rings (SSSR count). The van der Waals surface area contributed by atoms with Gasteiger partial charge in [-0.2, -0.15) is 0 Å². The van der Waals surface area contributed by atoms with Gasteiger partial charge in [0.2, 0.25) is 0 Å². The van der Waals surface area contributed by atoms with E-state index in [1.54, 1.807) is 6.08 Å². The lowest BCUT2D eigenvalue weighted by Gasteiger charge is -1.97. The third-order valence-corrected chi connectivity index (χ3v) is 1.82. The van der Waals surface area contributed by atoms with Crippen LogP contribution in [-0.2, 0) is 4.79 Å². The molecule has 0 aromatic rings. The SMILES string of the molecule is O=C1C=CC=CCCCCC1. The van der Waals surface area contributed by atoms with E-state index >= 15 is 0 Å². The largest absolute Gasteiger partial charge is 0.295 e. The standard InChI is InChI=1S/C10H14O/c11-10-8-6-4-2-1-3-5-7-9-10/h2,4,6,8H,1,3,5,7,9H2. The van der Waals surface area contributed by atoms with Gasteiger partial charge in [0.25, 0.3) is 0 Å². The Morgan fingerprint density at radius 3 is 2.91 bits per heavy atom. The molecule has 0 unspecified atom stereocenters. The number of hydrogen-bond donors (Lipinski definition) is 0. The highest BCUT2D eigenvalue weighted by atomic mass is 16.1. The first-order valence-corrected chi connectivity index (χ1v) is 4.25. The first-order chi connectivity index (χ1) is 5.39. The van der Waals surface area contributed by atoms with Crippen molar-refractivity contribution in [1.82, 2.24) is 0 Å². The molecule has 0 aliphatic heterocycles. The van der Waals surface area contributed by atoms with Gasteiger partial charge in [-0.1, -0.05) is 24.6 Å². The van der Waals surface area contributed by atoms with Crippen molar-refractivity contribution in [2.24, 2.45) is 0 Å². The maximum absolute atomic E-state index is 11.0. The average molecular weight is 150 g/mol. The van der Waals surface area contributed by atoms with Crippen molar-refractivity contribution in [3.05, 3.63) is 24.3 Å². The number of carbonyl (C=O) groups excluding carboxylic acids is 1. The number of hydrogen-bond acceptors (Lipinski definition) is 1. The molecule has 0 fully saturated rings. The number of carbonyl (C=O) groups is 1. The molecule has 0 aromatic carbocycles. The van der Waals surface area contributed by atoms with Gasteiger partial charge in [-0.3, -0.25) is 4.79 Å². The van der Waals surface area contributed by atoms with E-state index in [0.29, 0.717) is 0 Å². The fourth-order valence-corrected chi connectivity index (χ4v) is 1.16. The Kier molecular flexibility index (Phi) is 3.67. The van der Waals surface area contributed by atoms with Crippen molar-refractivity contribution in [3.63, 3.8) is 0 Å². The van der Waals surface area contributed by atoms with E-state index in [4.69, 9.17) is 0 Å². The van der Waals surface area contributed by atoms with Gasteiger partial charge in [0, 0.05) is 6.42 Å². The van der Waals surface area contributed by atoms with Gasteiger partial charge in [-0.25, -0.2) is 0 Å². The summed E-state index contributed by atoms with van der Waals surface area (Å²) in [6, 6.07) is 0. The second-order valence-electron chi connectivity index (χ2n) is 2.85. The molecular formula is C10H14O. The van der Waals surface area contributed by atoms with Crippen LogP contribution in [0, 0.1) is 0 Å². The molecule has 0 heterocycles. The quantitative estimate of drug-likeness (QED) is 0.518. The van der Waals surface area contributed by atoms with E-state index in [0.717, 1.165) is 19.3 Å². The van der Waals surface area contributed by atoms with Crippen LogP contribution in [0.15, 0.2) is 24.3 Å². The topological polar surface area (TPSA) is 17.1 Å². The van der Waals surface area contributed by atoms with Gasteiger partial charge in [-0.15, -0.1) is 0 Å². The van der Waals surface area contributed by atoms with Crippen LogP contribution in [0.5, 0.6) is 0 Å². The minimum atomic E-state index is 0.261. The molecule has 0 N–H and O–H groups in total. The predicted octanol–water partition coefficient (Wildman–Crippen LogP) is 2.63. The summed E-state index contributed by atoms with van der Waals surface area (Å²) in [7, 11) is 0. The number of rotatable bonds is 0. The van der Waals surface area contributed by atoms with Crippen molar-refractivity contribution in [1.29, 1.82) is 0 Å². The minimum Gasteiger partial charge on any atom is -0.295 e. The Hall–Kier alpha value is -0.850. The Bertz CT molecular complexity index is 177. The molecule has 1 aliphatic rings. The Balaban J connectivity index is 2.44. The second kappa shape index (κ2) is 4.89. The lowest BCUT2D eigenvalue weighted by atomic mass is 10.1. The smallest absolute Gasteiger partial charge is 0.155 e. The summed E-state index contributed by atoms with van der Waals surface area (Å²) in [5.74, 6) is 0.261. The molecule has 0 atom stereocenters. The van der Waals surface area contributed by atoms with Crippen molar-refractivity contribution in [2.45, 2.75) is 32.1 Å². The molecule has 0 amide bonds. The van der Waals surface area contributed by atoms with Crippen LogP contribution < -0.4 is 0 Å². The van der Waals surface area contributed by atoms with E-state index in [9.17, 15) is 4.79 Å². The monoisotopic (exact) mass is 150 g/mol. The zero-order chi connectivity index (χ0) is 7.94. The molecule has 0 saturated carbocycles. The Morgan fingerprint density at radius 2 is 2.00 bits per heavy atom. The zero-order valence-corrected chi connectivity index (χ0v) is 6.75. The predicted molar refractivity (Wildman–Crippen MR) is 46.4 cm³/mol. The zero-order valence-electron chi connectivity index (χ0n) is 6.75. The highest BCUT2D eigenvalue weighted by Crippen LogP contribution is 2.06. The summed E-state index contributed by atoms with van der Waals surface area (Å²) in [4.78, 5) is 11.0. The van der Waals surface area contributed by atoms with Crippen LogP contribution in [0.4, 0.5) is 0 Å². The summed E-state index contributed by atoms with van der Waals surface area (Å²) in [6.07, 6.45) is 12.9. The van der Waals surface area contributed by atoms with E-state index in [1.165, 1.54) is 12.8 Å². The molecule has 0 spiro atoms. The molecule has 60 valence electrons. The third kappa shape index (κ3) is 3.76. The average Bonchev–Trinajstić information content (AvgIpc) is 2.03. The maximum Gasteiger partial charge on any atom is 0.155 e. The normalized spacial score (nSPS) is 20.2. The van der Waals surface area contributed by atoms with E-state index in [1.807, 2.05) is 12.2 Å². The van der Waals surface area contributed by atoms with Gasteiger partial charge in [-0.05, 0) is 25.3 Å². The van der Waals surface area contributed by atoms with Crippen LogP contribution in [0.2, 0.25) is 0 Å². The molecule has 0 bridgehead atoms. The summed E-state index contributed by atoms with van der Waals surface area (Å²) < 4.78 is 0. The molecular weight excluding hydrogens is 136 g/mol. The van der Waals surface area contributed by atoms with Crippen LogP contribution in [0.1, 0.15) is 32.1 Å². The highest BCUT2D eigenvalue weighted by molar-refractivity contribution is 5.89. The second-order valence-corrected chi connectivity index (χ2v) is 2.85. The van der Waals surface area contributed by atoms with Gasteiger partial charge in [0.15, 0.2) is 5.78 Å². The van der Waals surface area contributed by atoms with Crippen LogP contribution in [0.25, 0.3) is 0 Å². The molecule has 1 heteroatoms. The molecule has 11 heavy (non-hydrogen) atoms. The van der Waals surface area contributed by atoms with Crippen molar-refractivity contribution < 1.29 is 4.79 Å². The van der Waals surface area contributed by atoms with Crippen LogP contribution in [0.3, 0.4) is 0 Å². The molecule has 0 radical (unpaired) electrons. The maximum atomic E-state index is 11.0. The fourth-order valence-electron chi connectivity index (χ4n) is 1.16. The summed E-state index contributed by atoms with van der Waals surface area (Å²) in [5.41, 5.74) is 0. The Labute approximate surface area is 67.8 Å². The summed E-state index contributed by atoms with van der Waals surface area (Å²) >= 11 is 0.